The fraction of sp³-hybridized carbons (Fsp3) is 0.286. The number of fused-ring (bicyclic) bond motifs is 1. The molecule has 194 valence electrons. The quantitative estimate of drug-likeness (QED) is 0.219. The first-order valence-corrected chi connectivity index (χ1v) is 14.1. The van der Waals surface area contributed by atoms with Gasteiger partial charge in [0.15, 0.2) is 0 Å². The van der Waals surface area contributed by atoms with Crippen LogP contribution in [0.1, 0.15) is 48.4 Å². The van der Waals surface area contributed by atoms with Gasteiger partial charge in [-0.2, -0.15) is 0 Å². The minimum atomic E-state index is -3.68. The van der Waals surface area contributed by atoms with Crippen molar-refractivity contribution in [1.82, 2.24) is 14.1 Å². The largest absolute Gasteiger partial charge is 0.481 e. The van der Waals surface area contributed by atoms with Crippen LogP contribution in [-0.4, -0.2) is 35.4 Å². The zero-order chi connectivity index (χ0) is 26.3. The Morgan fingerprint density at radius 3 is 2.49 bits per heavy atom. The lowest BCUT2D eigenvalue weighted by Crippen LogP contribution is -2.28. The molecule has 2 aromatic carbocycles. The van der Waals surface area contributed by atoms with Gasteiger partial charge in [0.05, 0.1) is 4.90 Å². The molecule has 37 heavy (non-hydrogen) atoms. The van der Waals surface area contributed by atoms with Gasteiger partial charge in [-0.1, -0.05) is 48.4 Å². The molecule has 0 bridgehead atoms. The van der Waals surface area contributed by atoms with Gasteiger partial charge in [0.1, 0.15) is 5.65 Å². The maximum atomic E-state index is 12.9. The fourth-order valence-electron chi connectivity index (χ4n) is 4.41. The van der Waals surface area contributed by atoms with Crippen LogP contribution in [0.5, 0.6) is 0 Å². The normalized spacial score (nSPS) is 12.6. The number of rotatable bonds is 13. The molecule has 0 saturated heterocycles. The number of aliphatic carboxylic acids is 1. The maximum absolute atomic E-state index is 12.9. The Kier molecular flexibility index (Phi) is 8.97. The van der Waals surface area contributed by atoms with E-state index in [1.165, 1.54) is 17.8 Å². The van der Waals surface area contributed by atoms with Crippen molar-refractivity contribution >= 4 is 33.2 Å². The van der Waals surface area contributed by atoms with Crippen molar-refractivity contribution in [2.45, 2.75) is 49.3 Å². The molecule has 2 N–H and O–H groups in total. The SMILES string of the molecule is O=C(O)CCc1ccc(C(CCCCc2cccc3nccn23)CNS(=O)(=O)c2ccc(Cl)cc2)cc1. The summed E-state index contributed by atoms with van der Waals surface area (Å²) in [5.41, 5.74) is 4.09. The number of pyridine rings is 1. The third-order valence-corrected chi connectivity index (χ3v) is 8.16. The summed E-state index contributed by atoms with van der Waals surface area (Å²) in [5, 5.41) is 9.42. The van der Waals surface area contributed by atoms with Crippen LogP contribution in [0.25, 0.3) is 5.65 Å². The van der Waals surface area contributed by atoms with E-state index in [4.69, 9.17) is 16.7 Å². The number of aromatic nitrogens is 2. The van der Waals surface area contributed by atoms with Gasteiger partial charge < -0.3 is 9.51 Å². The van der Waals surface area contributed by atoms with Crippen LogP contribution >= 0.6 is 11.6 Å². The number of aryl methyl sites for hydroxylation is 2. The number of nitrogens with zero attached hydrogens (tertiary/aromatic N) is 2. The number of nitrogens with one attached hydrogen (secondary N) is 1. The number of hydrogen-bond acceptors (Lipinski definition) is 4. The first-order valence-electron chi connectivity index (χ1n) is 12.3. The Morgan fingerprint density at radius 1 is 1.00 bits per heavy atom. The highest BCUT2D eigenvalue weighted by Gasteiger charge is 2.18. The van der Waals surface area contributed by atoms with Gasteiger partial charge in [0.2, 0.25) is 10.0 Å². The molecule has 7 nitrogen and oxygen atoms in total. The number of unbranched alkanes of at least 4 members (excludes halogenated alkanes) is 1. The summed E-state index contributed by atoms with van der Waals surface area (Å²) in [6, 6.07) is 20.0. The summed E-state index contributed by atoms with van der Waals surface area (Å²) in [5.74, 6) is -0.857. The molecular weight excluding hydrogens is 510 g/mol. The lowest BCUT2D eigenvalue weighted by molar-refractivity contribution is -0.136. The molecule has 0 spiro atoms. The van der Waals surface area contributed by atoms with Crippen molar-refractivity contribution in [2.75, 3.05) is 6.54 Å². The Labute approximate surface area is 222 Å². The van der Waals surface area contributed by atoms with Gasteiger partial charge in [0.25, 0.3) is 0 Å². The molecule has 2 aromatic heterocycles. The summed E-state index contributed by atoms with van der Waals surface area (Å²) < 4.78 is 30.6. The third-order valence-electron chi connectivity index (χ3n) is 6.47. The maximum Gasteiger partial charge on any atom is 0.303 e. The predicted octanol–water partition coefficient (Wildman–Crippen LogP) is 5.48. The number of halogens is 1. The van der Waals surface area contributed by atoms with Crippen LogP contribution in [0.3, 0.4) is 0 Å². The van der Waals surface area contributed by atoms with E-state index in [-0.39, 0.29) is 23.8 Å². The van der Waals surface area contributed by atoms with Gasteiger partial charge in [0, 0.05) is 36.1 Å². The molecule has 0 radical (unpaired) electrons. The molecule has 0 saturated carbocycles. The van der Waals surface area contributed by atoms with Crippen LogP contribution in [0.15, 0.2) is 84.0 Å². The van der Waals surface area contributed by atoms with Gasteiger partial charge in [-0.25, -0.2) is 18.1 Å². The highest BCUT2D eigenvalue weighted by molar-refractivity contribution is 7.89. The van der Waals surface area contributed by atoms with Crippen molar-refractivity contribution in [3.05, 3.63) is 101 Å². The van der Waals surface area contributed by atoms with Gasteiger partial charge in [-0.05, 0) is 79.1 Å². The molecular formula is C28H30ClN3O4S. The zero-order valence-electron chi connectivity index (χ0n) is 20.4. The van der Waals surface area contributed by atoms with Crippen molar-refractivity contribution in [1.29, 1.82) is 0 Å². The molecule has 2 heterocycles. The number of carboxylic acids is 1. The Bertz CT molecular complexity index is 1430. The summed E-state index contributed by atoms with van der Waals surface area (Å²) in [6.45, 7) is 0.260. The summed E-state index contributed by atoms with van der Waals surface area (Å²) in [7, 11) is -3.68. The average Bonchev–Trinajstić information content (AvgIpc) is 3.37. The van der Waals surface area contributed by atoms with E-state index < -0.39 is 16.0 Å². The Hall–Kier alpha value is -3.20. The third kappa shape index (κ3) is 7.41. The molecule has 0 aliphatic carbocycles. The second kappa shape index (κ2) is 12.4. The molecule has 0 amide bonds. The zero-order valence-corrected chi connectivity index (χ0v) is 22.0. The summed E-state index contributed by atoms with van der Waals surface area (Å²) in [6.07, 6.45) is 7.86. The topological polar surface area (TPSA) is 101 Å². The molecule has 0 fully saturated rings. The van der Waals surface area contributed by atoms with Crippen LogP contribution in [0, 0.1) is 0 Å². The number of hydrogen-bond donors (Lipinski definition) is 2. The second-order valence-corrected chi connectivity index (χ2v) is 11.3. The lowest BCUT2D eigenvalue weighted by atomic mass is 9.92. The number of sulfonamides is 1. The van der Waals surface area contributed by atoms with Crippen molar-refractivity contribution in [3.8, 4) is 0 Å². The smallest absolute Gasteiger partial charge is 0.303 e. The van der Waals surface area contributed by atoms with Crippen LogP contribution in [0.2, 0.25) is 5.02 Å². The highest BCUT2D eigenvalue weighted by Crippen LogP contribution is 2.24. The minimum Gasteiger partial charge on any atom is -0.481 e. The van der Waals surface area contributed by atoms with Gasteiger partial charge >= 0.3 is 5.97 Å². The number of carbonyl (C=O) groups is 1. The van der Waals surface area contributed by atoms with E-state index in [2.05, 4.69) is 20.2 Å². The first-order chi connectivity index (χ1) is 17.8. The van der Waals surface area contributed by atoms with E-state index in [9.17, 15) is 13.2 Å². The Morgan fingerprint density at radius 2 is 1.76 bits per heavy atom. The molecule has 1 unspecified atom stereocenters. The minimum absolute atomic E-state index is 0.0281. The molecule has 0 aliphatic heterocycles. The second-order valence-electron chi connectivity index (χ2n) is 9.06. The summed E-state index contributed by atoms with van der Waals surface area (Å²) >= 11 is 5.91. The Balaban J connectivity index is 1.42. The molecule has 1 atom stereocenters. The van der Waals surface area contributed by atoms with E-state index in [0.717, 1.165) is 42.5 Å². The molecule has 4 aromatic rings. The van der Waals surface area contributed by atoms with E-state index >= 15 is 0 Å². The molecule has 4 rings (SSSR count). The standard InChI is InChI=1S/C28H30ClN3O4S/c29-24-13-15-26(16-14-24)37(35,36)31-20-23(22-11-8-21(9-12-22)10-17-28(33)34)4-1-2-5-25-6-3-7-27-30-18-19-32(25)27/h3,6-9,11-16,18-19,23,31H,1-2,4-5,10,17,20H2,(H,33,34). The summed E-state index contributed by atoms with van der Waals surface area (Å²) in [4.78, 5) is 15.4. The fourth-order valence-corrected chi connectivity index (χ4v) is 5.62. The van der Waals surface area contributed by atoms with Crippen molar-refractivity contribution in [2.24, 2.45) is 0 Å². The van der Waals surface area contributed by atoms with Gasteiger partial charge in [-0.3, -0.25) is 4.79 Å². The molecule has 0 aliphatic rings. The van der Waals surface area contributed by atoms with E-state index in [1.807, 2.05) is 42.6 Å². The number of benzene rings is 2. The lowest BCUT2D eigenvalue weighted by Gasteiger charge is -2.19. The first kappa shape index (κ1) is 26.9. The van der Waals surface area contributed by atoms with Crippen LogP contribution in [-0.2, 0) is 27.7 Å². The highest BCUT2D eigenvalue weighted by atomic mass is 35.5. The van der Waals surface area contributed by atoms with Crippen molar-refractivity contribution in [3.63, 3.8) is 0 Å². The van der Waals surface area contributed by atoms with Gasteiger partial charge in [-0.15, -0.1) is 0 Å². The number of imidazole rings is 1. The predicted molar refractivity (Wildman–Crippen MR) is 145 cm³/mol. The van der Waals surface area contributed by atoms with Crippen LogP contribution < -0.4 is 4.72 Å². The molecule has 9 heteroatoms. The van der Waals surface area contributed by atoms with Crippen molar-refractivity contribution < 1.29 is 18.3 Å². The van der Waals surface area contributed by atoms with E-state index in [1.54, 1.807) is 18.3 Å². The van der Waals surface area contributed by atoms with E-state index in [0.29, 0.717) is 11.4 Å². The average molecular weight is 540 g/mol. The number of carboxylic acid groups (broad SMARTS) is 1. The monoisotopic (exact) mass is 539 g/mol. The van der Waals surface area contributed by atoms with Crippen LogP contribution in [0.4, 0.5) is 0 Å².